The van der Waals surface area contributed by atoms with Crippen molar-refractivity contribution in [2.45, 2.75) is 13.8 Å². The summed E-state index contributed by atoms with van der Waals surface area (Å²) in [5.74, 6) is 0.988. The van der Waals surface area contributed by atoms with E-state index in [1.54, 1.807) is 12.1 Å². The maximum Gasteiger partial charge on any atom is 0.371 e. The fourth-order valence-corrected chi connectivity index (χ4v) is 2.67. The topological polar surface area (TPSA) is 88.5 Å². The molecule has 0 aliphatic carbocycles. The summed E-state index contributed by atoms with van der Waals surface area (Å²) >= 11 is 0. The second kappa shape index (κ2) is 6.56. The SMILES string of the molecule is Cc1cc(C=O)c(C)n1-c1ccc(Oc2ccc([N+](=O)[O-])c[nH+]2)cc1. The van der Waals surface area contributed by atoms with Gasteiger partial charge >= 0.3 is 11.6 Å². The van der Waals surface area contributed by atoms with Crippen LogP contribution in [-0.4, -0.2) is 15.8 Å². The van der Waals surface area contributed by atoms with Gasteiger partial charge in [-0.05, 0) is 44.2 Å². The summed E-state index contributed by atoms with van der Waals surface area (Å²) in [6.07, 6.45) is 2.12. The third-order valence-corrected chi connectivity index (χ3v) is 3.90. The molecule has 0 unspecified atom stereocenters. The summed E-state index contributed by atoms with van der Waals surface area (Å²) in [5, 5.41) is 10.6. The Morgan fingerprint density at radius 3 is 2.40 bits per heavy atom. The van der Waals surface area contributed by atoms with E-state index in [9.17, 15) is 14.9 Å². The fraction of sp³-hybridized carbons (Fsp3) is 0.111. The van der Waals surface area contributed by atoms with Crippen LogP contribution in [0.25, 0.3) is 5.69 Å². The zero-order valence-electron chi connectivity index (χ0n) is 13.7. The number of aromatic amines is 1. The van der Waals surface area contributed by atoms with E-state index in [1.807, 2.05) is 36.6 Å². The summed E-state index contributed by atoms with van der Waals surface area (Å²) in [4.78, 5) is 24.0. The van der Waals surface area contributed by atoms with Crippen molar-refractivity contribution in [1.29, 1.82) is 0 Å². The van der Waals surface area contributed by atoms with Crippen LogP contribution in [0, 0.1) is 24.0 Å². The van der Waals surface area contributed by atoms with E-state index in [2.05, 4.69) is 4.98 Å². The van der Waals surface area contributed by atoms with Crippen molar-refractivity contribution < 1.29 is 19.4 Å². The Bertz CT molecular complexity index is 928. The number of aldehydes is 1. The van der Waals surface area contributed by atoms with Crippen LogP contribution in [0.3, 0.4) is 0 Å². The molecule has 7 heteroatoms. The highest BCUT2D eigenvalue weighted by atomic mass is 16.6. The van der Waals surface area contributed by atoms with Crippen LogP contribution in [0.5, 0.6) is 11.6 Å². The van der Waals surface area contributed by atoms with Crippen LogP contribution in [-0.2, 0) is 0 Å². The molecule has 0 aliphatic heterocycles. The smallest absolute Gasteiger partial charge is 0.371 e. The second-order valence-electron chi connectivity index (χ2n) is 5.54. The van der Waals surface area contributed by atoms with Crippen molar-refractivity contribution in [2.24, 2.45) is 0 Å². The first-order valence-electron chi connectivity index (χ1n) is 7.58. The lowest BCUT2D eigenvalue weighted by Crippen LogP contribution is -2.07. The predicted molar refractivity (Wildman–Crippen MR) is 90.4 cm³/mol. The predicted octanol–water partition coefficient (Wildman–Crippen LogP) is 3.42. The number of H-pyrrole nitrogens is 1. The molecule has 0 radical (unpaired) electrons. The van der Waals surface area contributed by atoms with Crippen LogP contribution in [0.4, 0.5) is 5.69 Å². The third-order valence-electron chi connectivity index (χ3n) is 3.90. The third kappa shape index (κ3) is 3.25. The van der Waals surface area contributed by atoms with Gasteiger partial charge in [0.25, 0.3) is 0 Å². The monoisotopic (exact) mass is 338 g/mol. The van der Waals surface area contributed by atoms with E-state index in [1.165, 1.54) is 18.3 Å². The maximum atomic E-state index is 11.1. The van der Waals surface area contributed by atoms with E-state index in [4.69, 9.17) is 4.74 Å². The van der Waals surface area contributed by atoms with E-state index in [0.29, 0.717) is 17.2 Å². The molecule has 2 heterocycles. The van der Waals surface area contributed by atoms with Crippen molar-refractivity contribution >= 4 is 12.0 Å². The molecule has 2 aromatic heterocycles. The standard InChI is InChI=1S/C18H15N3O4/c1-12-9-14(11-22)13(2)20(12)15-3-6-17(7-4-15)25-18-8-5-16(10-19-18)21(23)24/h3-11H,1-2H3/p+1. The Morgan fingerprint density at radius 2 is 1.88 bits per heavy atom. The molecule has 0 fully saturated rings. The summed E-state index contributed by atoms with van der Waals surface area (Å²) in [7, 11) is 0. The number of carbonyl (C=O) groups excluding carboxylic acids is 1. The largest absolute Gasteiger partial charge is 0.405 e. The van der Waals surface area contributed by atoms with Crippen LogP contribution in [0.15, 0.2) is 48.7 Å². The van der Waals surface area contributed by atoms with Crippen molar-refractivity contribution in [3.63, 3.8) is 0 Å². The Kier molecular flexibility index (Phi) is 4.30. The number of nitrogens with one attached hydrogen (secondary N) is 1. The normalized spacial score (nSPS) is 10.5. The molecule has 3 rings (SSSR count). The molecule has 0 amide bonds. The molecule has 3 aromatic rings. The highest BCUT2D eigenvalue weighted by molar-refractivity contribution is 5.77. The number of aryl methyl sites for hydroxylation is 1. The Morgan fingerprint density at radius 1 is 1.16 bits per heavy atom. The number of ether oxygens (including phenoxy) is 1. The molecule has 0 saturated heterocycles. The summed E-state index contributed by atoms with van der Waals surface area (Å²) < 4.78 is 7.64. The molecule has 0 atom stereocenters. The molecule has 0 aliphatic rings. The lowest BCUT2D eigenvalue weighted by atomic mass is 10.2. The lowest BCUT2D eigenvalue weighted by Gasteiger charge is -2.10. The number of hydrogen-bond acceptors (Lipinski definition) is 4. The first-order valence-corrected chi connectivity index (χ1v) is 7.58. The van der Waals surface area contributed by atoms with E-state index < -0.39 is 4.92 Å². The lowest BCUT2D eigenvalue weighted by molar-refractivity contribution is -0.425. The van der Waals surface area contributed by atoms with E-state index in [-0.39, 0.29) is 5.69 Å². The van der Waals surface area contributed by atoms with Gasteiger partial charge in [-0.15, -0.1) is 0 Å². The quantitative estimate of drug-likeness (QED) is 0.405. The first-order chi connectivity index (χ1) is 12.0. The number of benzene rings is 1. The molecule has 25 heavy (non-hydrogen) atoms. The summed E-state index contributed by atoms with van der Waals surface area (Å²) in [6, 6.07) is 12.1. The minimum absolute atomic E-state index is 0.0350. The van der Waals surface area contributed by atoms with Gasteiger partial charge in [0, 0.05) is 28.7 Å². The van der Waals surface area contributed by atoms with Gasteiger partial charge in [0.15, 0.2) is 6.29 Å². The van der Waals surface area contributed by atoms with Crippen LogP contribution < -0.4 is 9.72 Å². The Labute approximate surface area is 143 Å². The number of nitro groups is 1. The number of pyridine rings is 1. The number of rotatable bonds is 5. The first kappa shape index (κ1) is 16.4. The van der Waals surface area contributed by atoms with Gasteiger partial charge in [-0.2, -0.15) is 4.98 Å². The van der Waals surface area contributed by atoms with E-state index in [0.717, 1.165) is 23.4 Å². The molecule has 1 aromatic carbocycles. The number of carbonyl (C=O) groups is 1. The second-order valence-corrected chi connectivity index (χ2v) is 5.54. The molecular weight excluding hydrogens is 322 g/mol. The molecule has 1 N–H and O–H groups in total. The van der Waals surface area contributed by atoms with Gasteiger partial charge in [-0.1, -0.05) is 0 Å². The molecule has 126 valence electrons. The number of hydrogen-bond donors (Lipinski definition) is 0. The average Bonchev–Trinajstić information content (AvgIpc) is 2.90. The number of aromatic nitrogens is 2. The number of nitrogens with zero attached hydrogens (tertiary/aromatic N) is 2. The van der Waals surface area contributed by atoms with Crippen molar-refractivity contribution in [3.05, 3.63) is 75.7 Å². The highest BCUT2D eigenvalue weighted by Gasteiger charge is 2.13. The van der Waals surface area contributed by atoms with Gasteiger partial charge < -0.3 is 9.30 Å². The average molecular weight is 338 g/mol. The van der Waals surface area contributed by atoms with Gasteiger partial charge in [0.2, 0.25) is 6.20 Å². The minimum Gasteiger partial charge on any atom is -0.405 e. The van der Waals surface area contributed by atoms with Crippen LogP contribution >= 0.6 is 0 Å². The van der Waals surface area contributed by atoms with Crippen LogP contribution in [0.1, 0.15) is 21.7 Å². The fourth-order valence-electron chi connectivity index (χ4n) is 2.67. The Hall–Kier alpha value is -3.48. The minimum atomic E-state index is -0.482. The van der Waals surface area contributed by atoms with Gasteiger partial charge in [0.1, 0.15) is 5.75 Å². The molecule has 0 bridgehead atoms. The zero-order chi connectivity index (χ0) is 18.0. The van der Waals surface area contributed by atoms with Crippen molar-refractivity contribution in [3.8, 4) is 17.3 Å². The molecular formula is C18H16N3O4+. The summed E-state index contributed by atoms with van der Waals surface area (Å²) in [6.45, 7) is 3.84. The van der Waals surface area contributed by atoms with Crippen molar-refractivity contribution in [1.82, 2.24) is 4.57 Å². The van der Waals surface area contributed by atoms with Gasteiger partial charge in [0.05, 0.1) is 11.0 Å². The zero-order valence-corrected chi connectivity index (χ0v) is 13.7. The molecule has 7 nitrogen and oxygen atoms in total. The van der Waals surface area contributed by atoms with Gasteiger partial charge in [-0.25, -0.2) is 0 Å². The van der Waals surface area contributed by atoms with E-state index >= 15 is 0 Å². The van der Waals surface area contributed by atoms with Crippen molar-refractivity contribution in [2.75, 3.05) is 0 Å². The summed E-state index contributed by atoms with van der Waals surface area (Å²) in [5.41, 5.74) is 3.40. The Balaban J connectivity index is 1.82. The molecule has 0 saturated carbocycles. The molecule has 0 spiro atoms. The highest BCUT2D eigenvalue weighted by Crippen LogP contribution is 2.24. The maximum absolute atomic E-state index is 11.1. The van der Waals surface area contributed by atoms with Crippen LogP contribution in [0.2, 0.25) is 0 Å². The van der Waals surface area contributed by atoms with Gasteiger partial charge in [-0.3, -0.25) is 14.9 Å².